The van der Waals surface area contributed by atoms with Crippen LogP contribution >= 0.6 is 0 Å². The number of carbonyl (C=O) groups excluding carboxylic acids is 2. The van der Waals surface area contributed by atoms with E-state index in [0.29, 0.717) is 5.56 Å². The van der Waals surface area contributed by atoms with E-state index >= 15 is 0 Å². The van der Waals surface area contributed by atoms with Gasteiger partial charge in [-0.1, -0.05) is 19.1 Å². The average Bonchev–Trinajstić information content (AvgIpc) is 2.44. The number of rotatable bonds is 6. The van der Waals surface area contributed by atoms with Crippen LogP contribution in [0.1, 0.15) is 24.2 Å². The standard InChI is InChI=1S/C13H17NO5S/c1-4-14(9-13(16)19-3)20(17,18)12-7-5-11(6-8-12)10(2)15/h5-8H,4,9H2,1-3H3. The van der Waals surface area contributed by atoms with Gasteiger partial charge < -0.3 is 4.74 Å². The third-order valence-electron chi connectivity index (χ3n) is 2.78. The predicted octanol–water partition coefficient (Wildman–Crippen LogP) is 1.07. The number of ketones is 1. The Hall–Kier alpha value is -1.73. The van der Waals surface area contributed by atoms with E-state index in [4.69, 9.17) is 0 Å². The number of sulfonamides is 1. The number of benzene rings is 1. The summed E-state index contributed by atoms with van der Waals surface area (Å²) in [6.07, 6.45) is 0. The van der Waals surface area contributed by atoms with Gasteiger partial charge in [0.25, 0.3) is 0 Å². The molecule has 0 saturated carbocycles. The molecule has 110 valence electrons. The molecule has 20 heavy (non-hydrogen) atoms. The van der Waals surface area contributed by atoms with Gasteiger partial charge in [-0.2, -0.15) is 4.31 Å². The van der Waals surface area contributed by atoms with Crippen LogP contribution in [0.4, 0.5) is 0 Å². The van der Waals surface area contributed by atoms with Gasteiger partial charge in [0.2, 0.25) is 10.0 Å². The van der Waals surface area contributed by atoms with Gasteiger partial charge in [0.1, 0.15) is 6.54 Å². The maximum absolute atomic E-state index is 12.3. The Balaban J connectivity index is 3.07. The molecule has 0 saturated heterocycles. The van der Waals surface area contributed by atoms with Crippen molar-refractivity contribution in [2.24, 2.45) is 0 Å². The summed E-state index contributed by atoms with van der Waals surface area (Å²) in [4.78, 5) is 22.4. The third kappa shape index (κ3) is 3.64. The molecule has 0 aliphatic heterocycles. The van der Waals surface area contributed by atoms with Gasteiger partial charge in [0.15, 0.2) is 5.78 Å². The van der Waals surface area contributed by atoms with Crippen molar-refractivity contribution in [3.8, 4) is 0 Å². The fourth-order valence-corrected chi connectivity index (χ4v) is 2.98. The molecule has 0 unspecified atom stereocenters. The van der Waals surface area contributed by atoms with Crippen molar-refractivity contribution in [1.82, 2.24) is 4.31 Å². The highest BCUT2D eigenvalue weighted by Crippen LogP contribution is 2.16. The van der Waals surface area contributed by atoms with Crippen LogP contribution in [0.25, 0.3) is 0 Å². The summed E-state index contributed by atoms with van der Waals surface area (Å²) in [6.45, 7) is 2.83. The second-order valence-electron chi connectivity index (χ2n) is 4.09. The molecular formula is C13H17NO5S. The zero-order chi connectivity index (χ0) is 15.3. The van der Waals surface area contributed by atoms with Gasteiger partial charge in [-0.3, -0.25) is 9.59 Å². The van der Waals surface area contributed by atoms with Gasteiger partial charge in [-0.05, 0) is 19.1 Å². The van der Waals surface area contributed by atoms with Gasteiger partial charge >= 0.3 is 5.97 Å². The van der Waals surface area contributed by atoms with Crippen LogP contribution in [0.5, 0.6) is 0 Å². The molecule has 1 rings (SSSR count). The molecule has 0 spiro atoms. The zero-order valence-electron chi connectivity index (χ0n) is 11.6. The van der Waals surface area contributed by atoms with Crippen LogP contribution in [-0.2, 0) is 19.6 Å². The van der Waals surface area contributed by atoms with Crippen LogP contribution in [0.3, 0.4) is 0 Å². The van der Waals surface area contributed by atoms with Crippen molar-refractivity contribution in [2.75, 3.05) is 20.2 Å². The Morgan fingerprint density at radius 3 is 2.15 bits per heavy atom. The van der Waals surface area contributed by atoms with Crippen molar-refractivity contribution >= 4 is 21.8 Å². The largest absolute Gasteiger partial charge is 0.468 e. The molecule has 0 radical (unpaired) electrons. The maximum Gasteiger partial charge on any atom is 0.321 e. The quantitative estimate of drug-likeness (QED) is 0.580. The zero-order valence-corrected chi connectivity index (χ0v) is 12.4. The number of hydrogen-bond donors (Lipinski definition) is 0. The summed E-state index contributed by atoms with van der Waals surface area (Å²) >= 11 is 0. The van der Waals surface area contributed by atoms with E-state index in [1.807, 2.05) is 0 Å². The topological polar surface area (TPSA) is 80.8 Å². The van der Waals surface area contributed by atoms with E-state index in [1.165, 1.54) is 38.3 Å². The highest BCUT2D eigenvalue weighted by atomic mass is 32.2. The van der Waals surface area contributed by atoms with Crippen molar-refractivity contribution < 1.29 is 22.7 Å². The lowest BCUT2D eigenvalue weighted by Gasteiger charge is -2.19. The lowest BCUT2D eigenvalue weighted by molar-refractivity contribution is -0.140. The lowest BCUT2D eigenvalue weighted by atomic mass is 10.2. The summed E-state index contributed by atoms with van der Waals surface area (Å²) < 4.78 is 30.1. The number of hydrogen-bond acceptors (Lipinski definition) is 5. The first kappa shape index (κ1) is 16.3. The van der Waals surface area contributed by atoms with Crippen LogP contribution in [0, 0.1) is 0 Å². The summed E-state index contributed by atoms with van der Waals surface area (Å²) in [5, 5.41) is 0. The molecule has 0 aliphatic carbocycles. The first-order valence-electron chi connectivity index (χ1n) is 6.01. The van der Waals surface area contributed by atoms with Crippen LogP contribution < -0.4 is 0 Å². The Labute approximate surface area is 118 Å². The summed E-state index contributed by atoms with van der Waals surface area (Å²) in [7, 11) is -2.58. The average molecular weight is 299 g/mol. The van der Waals surface area contributed by atoms with Gasteiger partial charge in [0.05, 0.1) is 12.0 Å². The number of ether oxygens (including phenoxy) is 1. The summed E-state index contributed by atoms with van der Waals surface area (Å²) in [6, 6.07) is 5.60. The van der Waals surface area contributed by atoms with Crippen molar-refractivity contribution in [3.05, 3.63) is 29.8 Å². The molecule has 0 fully saturated rings. The molecule has 1 aromatic carbocycles. The van der Waals surface area contributed by atoms with E-state index < -0.39 is 16.0 Å². The summed E-state index contributed by atoms with van der Waals surface area (Å²) in [5.74, 6) is -0.772. The number of esters is 1. The smallest absolute Gasteiger partial charge is 0.321 e. The number of nitrogens with zero attached hydrogens (tertiary/aromatic N) is 1. The monoisotopic (exact) mass is 299 g/mol. The molecular weight excluding hydrogens is 282 g/mol. The molecule has 0 amide bonds. The van der Waals surface area contributed by atoms with Crippen molar-refractivity contribution in [1.29, 1.82) is 0 Å². The van der Waals surface area contributed by atoms with E-state index in [9.17, 15) is 18.0 Å². The normalized spacial score (nSPS) is 11.4. The fraction of sp³-hybridized carbons (Fsp3) is 0.385. The second-order valence-corrected chi connectivity index (χ2v) is 6.03. The van der Waals surface area contributed by atoms with Crippen LogP contribution in [0.2, 0.25) is 0 Å². The molecule has 0 bridgehead atoms. The molecule has 0 N–H and O–H groups in total. The molecule has 7 heteroatoms. The number of carbonyl (C=O) groups is 2. The molecule has 6 nitrogen and oxygen atoms in total. The number of methoxy groups -OCH3 is 1. The third-order valence-corrected chi connectivity index (χ3v) is 4.72. The number of Topliss-reactive ketones (excluding diaryl/α,β-unsaturated/α-hetero) is 1. The molecule has 0 atom stereocenters. The van der Waals surface area contributed by atoms with E-state index in [1.54, 1.807) is 6.92 Å². The van der Waals surface area contributed by atoms with Crippen molar-refractivity contribution in [2.45, 2.75) is 18.7 Å². The highest BCUT2D eigenvalue weighted by Gasteiger charge is 2.25. The van der Waals surface area contributed by atoms with Crippen molar-refractivity contribution in [3.63, 3.8) is 0 Å². The predicted molar refractivity (Wildman–Crippen MR) is 72.9 cm³/mol. The maximum atomic E-state index is 12.3. The molecule has 1 aromatic rings. The number of likely N-dealkylation sites (N-methyl/N-ethyl adjacent to an activating group) is 1. The SMILES string of the molecule is CCN(CC(=O)OC)S(=O)(=O)c1ccc(C(C)=O)cc1. The van der Waals surface area contributed by atoms with E-state index in [0.717, 1.165) is 4.31 Å². The fourth-order valence-electron chi connectivity index (χ4n) is 1.59. The second kappa shape index (κ2) is 6.62. The summed E-state index contributed by atoms with van der Waals surface area (Å²) in [5.41, 5.74) is 0.431. The highest BCUT2D eigenvalue weighted by molar-refractivity contribution is 7.89. The Morgan fingerprint density at radius 1 is 1.20 bits per heavy atom. The Bertz CT molecular complexity index is 592. The minimum atomic E-state index is -3.78. The van der Waals surface area contributed by atoms with Gasteiger partial charge in [-0.25, -0.2) is 8.42 Å². The van der Waals surface area contributed by atoms with Crippen LogP contribution in [-0.4, -0.2) is 44.7 Å². The van der Waals surface area contributed by atoms with E-state index in [2.05, 4.69) is 4.74 Å². The van der Waals surface area contributed by atoms with Crippen LogP contribution in [0.15, 0.2) is 29.2 Å². The Morgan fingerprint density at radius 2 is 1.75 bits per heavy atom. The lowest BCUT2D eigenvalue weighted by Crippen LogP contribution is -2.36. The van der Waals surface area contributed by atoms with E-state index in [-0.39, 0.29) is 23.8 Å². The Kier molecular flexibility index (Phi) is 5.41. The molecule has 0 heterocycles. The van der Waals surface area contributed by atoms with Gasteiger partial charge in [0, 0.05) is 12.1 Å². The first-order chi connectivity index (χ1) is 9.32. The van der Waals surface area contributed by atoms with Gasteiger partial charge in [-0.15, -0.1) is 0 Å². The first-order valence-corrected chi connectivity index (χ1v) is 7.45. The minimum absolute atomic E-state index is 0.0354. The minimum Gasteiger partial charge on any atom is -0.468 e. The molecule has 0 aliphatic rings. The molecule has 0 aromatic heterocycles.